The molecule has 2 aromatic rings. The Labute approximate surface area is 208 Å². The summed E-state index contributed by atoms with van der Waals surface area (Å²) < 4.78 is 28.2. The molecule has 0 radical (unpaired) electrons. The van der Waals surface area contributed by atoms with Crippen LogP contribution in [0.25, 0.3) is 0 Å². The molecule has 1 heterocycles. The quantitative estimate of drug-likeness (QED) is 0.461. The van der Waals surface area contributed by atoms with E-state index in [0.29, 0.717) is 31.1 Å². The second-order valence-electron chi connectivity index (χ2n) is 10.1. The molecule has 1 aliphatic carbocycles. The molecule has 2 aromatic carbocycles. The van der Waals surface area contributed by atoms with E-state index in [1.54, 1.807) is 24.3 Å². The van der Waals surface area contributed by atoms with Crippen LogP contribution >= 0.6 is 0 Å². The zero-order valence-electron chi connectivity index (χ0n) is 20.5. The SMILES string of the molecule is CC(C)Cc1ccc(S(=O)(=O)Nc2ccc(C3(C(=O)NCCCN4CCCC4=O)CC3)cc2)cc1. The summed E-state index contributed by atoms with van der Waals surface area (Å²) in [6.45, 7) is 6.30. The topological polar surface area (TPSA) is 95.6 Å². The number of nitrogens with one attached hydrogen (secondary N) is 2. The van der Waals surface area contributed by atoms with Crippen molar-refractivity contribution in [2.45, 2.75) is 62.7 Å². The van der Waals surface area contributed by atoms with Gasteiger partial charge in [-0.15, -0.1) is 0 Å². The predicted molar refractivity (Wildman–Crippen MR) is 137 cm³/mol. The van der Waals surface area contributed by atoms with Gasteiger partial charge in [-0.25, -0.2) is 8.42 Å². The van der Waals surface area contributed by atoms with E-state index in [9.17, 15) is 18.0 Å². The summed E-state index contributed by atoms with van der Waals surface area (Å²) in [5.41, 5.74) is 1.94. The van der Waals surface area contributed by atoms with Crippen molar-refractivity contribution in [1.82, 2.24) is 10.2 Å². The van der Waals surface area contributed by atoms with E-state index < -0.39 is 15.4 Å². The first kappa shape index (κ1) is 25.2. The molecule has 8 heteroatoms. The van der Waals surface area contributed by atoms with Crippen molar-refractivity contribution >= 4 is 27.5 Å². The van der Waals surface area contributed by atoms with Crippen molar-refractivity contribution in [1.29, 1.82) is 0 Å². The number of carbonyl (C=O) groups excluding carboxylic acids is 2. The van der Waals surface area contributed by atoms with Gasteiger partial charge in [0.05, 0.1) is 10.3 Å². The Morgan fingerprint density at radius 3 is 2.31 bits per heavy atom. The maximum absolute atomic E-state index is 12.9. The van der Waals surface area contributed by atoms with E-state index in [1.165, 1.54) is 0 Å². The molecule has 4 rings (SSSR count). The van der Waals surface area contributed by atoms with Crippen LogP contribution in [-0.4, -0.2) is 44.8 Å². The lowest BCUT2D eigenvalue weighted by Crippen LogP contribution is -2.36. The standard InChI is InChI=1S/C27H35N3O4S/c1-20(2)19-21-6-12-24(13-7-21)35(33,34)29-23-10-8-22(9-11-23)27(14-15-27)26(32)28-16-4-18-30-17-3-5-25(30)31/h6-13,20,29H,3-5,14-19H2,1-2H3,(H,28,32). The lowest BCUT2D eigenvalue weighted by atomic mass is 9.95. The van der Waals surface area contributed by atoms with Gasteiger partial charge in [0.15, 0.2) is 0 Å². The summed E-state index contributed by atoms with van der Waals surface area (Å²) in [6.07, 6.45) is 4.75. The monoisotopic (exact) mass is 497 g/mol. The molecule has 2 amide bonds. The molecule has 0 spiro atoms. The van der Waals surface area contributed by atoms with Crippen LogP contribution in [-0.2, 0) is 31.4 Å². The average Bonchev–Trinajstić information content (AvgIpc) is 3.53. The molecule has 1 aliphatic heterocycles. The van der Waals surface area contributed by atoms with Crippen molar-refractivity contribution in [2.24, 2.45) is 5.92 Å². The molecule has 1 saturated carbocycles. The summed E-state index contributed by atoms with van der Waals surface area (Å²) in [5, 5.41) is 3.02. The molecule has 0 unspecified atom stereocenters. The molecule has 35 heavy (non-hydrogen) atoms. The summed E-state index contributed by atoms with van der Waals surface area (Å²) in [4.78, 5) is 26.7. The van der Waals surface area contributed by atoms with Crippen LogP contribution in [0.4, 0.5) is 5.69 Å². The van der Waals surface area contributed by atoms with Gasteiger partial charge in [0.25, 0.3) is 10.0 Å². The first-order chi connectivity index (χ1) is 16.7. The molecule has 2 fully saturated rings. The summed E-state index contributed by atoms with van der Waals surface area (Å²) in [7, 11) is -3.69. The smallest absolute Gasteiger partial charge is 0.261 e. The number of anilines is 1. The van der Waals surface area contributed by atoms with Crippen LogP contribution < -0.4 is 10.0 Å². The van der Waals surface area contributed by atoms with Crippen molar-refractivity contribution in [2.75, 3.05) is 24.4 Å². The second kappa shape index (κ2) is 10.4. The molecule has 2 aliphatic rings. The molecule has 0 bridgehead atoms. The highest BCUT2D eigenvalue weighted by Crippen LogP contribution is 2.48. The predicted octanol–water partition coefficient (Wildman–Crippen LogP) is 3.85. The number of likely N-dealkylation sites (tertiary alicyclic amines) is 1. The lowest BCUT2D eigenvalue weighted by molar-refractivity contribution is -0.127. The number of hydrogen-bond acceptors (Lipinski definition) is 4. The van der Waals surface area contributed by atoms with Crippen molar-refractivity contribution in [3.8, 4) is 0 Å². The third-order valence-corrected chi connectivity index (χ3v) is 8.21. The minimum Gasteiger partial charge on any atom is -0.355 e. The van der Waals surface area contributed by atoms with Gasteiger partial charge >= 0.3 is 0 Å². The number of sulfonamides is 1. The maximum atomic E-state index is 12.9. The largest absolute Gasteiger partial charge is 0.355 e. The first-order valence-corrected chi connectivity index (χ1v) is 14.0. The van der Waals surface area contributed by atoms with Crippen molar-refractivity contribution < 1.29 is 18.0 Å². The number of amides is 2. The zero-order valence-corrected chi connectivity index (χ0v) is 21.4. The number of benzene rings is 2. The third kappa shape index (κ3) is 6.04. The summed E-state index contributed by atoms with van der Waals surface area (Å²) >= 11 is 0. The normalized spacial score (nSPS) is 17.0. The van der Waals surface area contributed by atoms with Crippen molar-refractivity contribution in [3.63, 3.8) is 0 Å². The van der Waals surface area contributed by atoms with Crippen molar-refractivity contribution in [3.05, 3.63) is 59.7 Å². The first-order valence-electron chi connectivity index (χ1n) is 12.5. The van der Waals surface area contributed by atoms with Gasteiger partial charge in [-0.3, -0.25) is 14.3 Å². The Morgan fingerprint density at radius 2 is 1.74 bits per heavy atom. The maximum Gasteiger partial charge on any atom is 0.261 e. The van der Waals surface area contributed by atoms with Gasteiger partial charge < -0.3 is 10.2 Å². The van der Waals surface area contributed by atoms with Crippen LogP contribution in [0.15, 0.2) is 53.4 Å². The van der Waals surface area contributed by atoms with Crippen LogP contribution in [0.1, 0.15) is 57.1 Å². The zero-order chi connectivity index (χ0) is 25.1. The van der Waals surface area contributed by atoms with Gasteiger partial charge in [0.2, 0.25) is 11.8 Å². The van der Waals surface area contributed by atoms with E-state index in [0.717, 1.165) is 49.8 Å². The second-order valence-corrected chi connectivity index (χ2v) is 11.8. The fourth-order valence-electron chi connectivity index (χ4n) is 4.70. The molecule has 1 saturated heterocycles. The Kier molecular flexibility index (Phi) is 7.50. The Bertz CT molecular complexity index is 1150. The summed E-state index contributed by atoms with van der Waals surface area (Å²) in [6, 6.07) is 14.1. The number of nitrogens with zero attached hydrogens (tertiary/aromatic N) is 1. The highest BCUT2D eigenvalue weighted by atomic mass is 32.2. The number of carbonyl (C=O) groups is 2. The molecule has 7 nitrogen and oxygen atoms in total. The van der Waals surface area contributed by atoms with Gasteiger partial charge in [-0.1, -0.05) is 38.1 Å². The van der Waals surface area contributed by atoms with Crippen LogP contribution in [0.5, 0.6) is 0 Å². The Balaban J connectivity index is 1.32. The molecular weight excluding hydrogens is 462 g/mol. The lowest BCUT2D eigenvalue weighted by Gasteiger charge is -2.18. The van der Waals surface area contributed by atoms with Crippen LogP contribution in [0.2, 0.25) is 0 Å². The number of hydrogen-bond donors (Lipinski definition) is 2. The molecule has 0 atom stereocenters. The molecule has 2 N–H and O–H groups in total. The highest BCUT2D eigenvalue weighted by Gasteiger charge is 2.51. The van der Waals surface area contributed by atoms with E-state index in [4.69, 9.17) is 0 Å². The third-order valence-electron chi connectivity index (χ3n) is 6.81. The molecule has 0 aromatic heterocycles. The van der Waals surface area contributed by atoms with E-state index in [1.807, 2.05) is 29.2 Å². The van der Waals surface area contributed by atoms with Gasteiger partial charge in [-0.2, -0.15) is 0 Å². The van der Waals surface area contributed by atoms with E-state index in [2.05, 4.69) is 23.9 Å². The fraction of sp³-hybridized carbons (Fsp3) is 0.481. The van der Waals surface area contributed by atoms with Gasteiger partial charge in [0, 0.05) is 31.7 Å². The number of rotatable bonds is 11. The van der Waals surface area contributed by atoms with Crippen LogP contribution in [0.3, 0.4) is 0 Å². The van der Waals surface area contributed by atoms with Crippen LogP contribution in [0, 0.1) is 5.92 Å². The minimum absolute atomic E-state index is 0.0000616. The fourth-order valence-corrected chi connectivity index (χ4v) is 5.76. The highest BCUT2D eigenvalue weighted by molar-refractivity contribution is 7.92. The average molecular weight is 498 g/mol. The Hall–Kier alpha value is -2.87. The molecular formula is C27H35N3O4S. The van der Waals surface area contributed by atoms with Gasteiger partial charge in [-0.05, 0) is 73.4 Å². The minimum atomic E-state index is -3.69. The Morgan fingerprint density at radius 1 is 1.06 bits per heavy atom. The van der Waals surface area contributed by atoms with E-state index >= 15 is 0 Å². The van der Waals surface area contributed by atoms with Gasteiger partial charge in [0.1, 0.15) is 0 Å². The molecule has 188 valence electrons. The van der Waals surface area contributed by atoms with E-state index in [-0.39, 0.29) is 16.7 Å². The summed E-state index contributed by atoms with van der Waals surface area (Å²) in [5.74, 6) is 0.709.